The Morgan fingerprint density at radius 2 is 1.88 bits per heavy atom. The van der Waals surface area contributed by atoms with Crippen molar-refractivity contribution in [2.75, 3.05) is 33.3 Å². The number of pyridine rings is 1. The lowest BCUT2D eigenvalue weighted by Gasteiger charge is -2.40. The third kappa shape index (κ3) is 7.45. The molecule has 1 amide bonds. The molecule has 0 spiro atoms. The van der Waals surface area contributed by atoms with Crippen LogP contribution >= 0.6 is 0 Å². The highest BCUT2D eigenvalue weighted by atomic mass is 16.5. The number of ether oxygens (including phenoxy) is 1. The van der Waals surface area contributed by atoms with E-state index in [-0.39, 0.29) is 24.1 Å². The highest BCUT2D eigenvalue weighted by molar-refractivity contribution is 5.80. The molecule has 0 saturated carbocycles. The predicted octanol–water partition coefficient (Wildman–Crippen LogP) is 2.81. The largest absolute Gasteiger partial charge is 0.392 e. The van der Waals surface area contributed by atoms with Crippen LogP contribution in [0.3, 0.4) is 0 Å². The summed E-state index contributed by atoms with van der Waals surface area (Å²) in [5, 5.41) is 14.5. The minimum atomic E-state index is -0.754. The molecule has 8 heteroatoms. The minimum absolute atomic E-state index is 0.0927. The molecule has 5 rings (SSSR count). The highest BCUT2D eigenvalue weighted by Crippen LogP contribution is 2.33. The van der Waals surface area contributed by atoms with Crippen molar-refractivity contribution in [3.05, 3.63) is 101 Å². The maximum atomic E-state index is 13.8. The Morgan fingerprint density at radius 3 is 2.63 bits per heavy atom. The fourth-order valence-corrected chi connectivity index (χ4v) is 6.23. The molecule has 0 unspecified atom stereocenters. The topological polar surface area (TPSA) is 95.0 Å². The van der Waals surface area contributed by atoms with Crippen LogP contribution in [-0.2, 0) is 33.7 Å². The van der Waals surface area contributed by atoms with Crippen LogP contribution in [0.1, 0.15) is 34.7 Å². The van der Waals surface area contributed by atoms with E-state index in [4.69, 9.17) is 4.74 Å². The molecule has 5 atom stereocenters. The molecule has 2 heterocycles. The summed E-state index contributed by atoms with van der Waals surface area (Å²) in [6.45, 7) is 3.14. The number of amides is 1. The maximum absolute atomic E-state index is 13.8. The number of carbonyl (C=O) groups excluding carboxylic acids is 2. The first-order valence-electron chi connectivity index (χ1n) is 14.5. The Kier molecular flexibility index (Phi) is 9.90. The number of aliphatic hydroxyl groups is 1. The third-order valence-corrected chi connectivity index (χ3v) is 8.38. The van der Waals surface area contributed by atoms with Gasteiger partial charge in [-0.1, -0.05) is 60.7 Å². The van der Waals surface area contributed by atoms with Crippen molar-refractivity contribution in [2.24, 2.45) is 5.92 Å². The molecule has 0 radical (unpaired) electrons. The molecule has 3 aromatic rings. The smallest absolute Gasteiger partial charge is 0.224 e. The predicted molar refractivity (Wildman–Crippen MR) is 157 cm³/mol. The molecule has 0 bridgehead atoms. The van der Waals surface area contributed by atoms with Crippen molar-refractivity contribution in [3.8, 4) is 0 Å². The number of hydrogen-bond donors (Lipinski definition) is 2. The van der Waals surface area contributed by atoms with E-state index >= 15 is 0 Å². The second kappa shape index (κ2) is 14.0. The molecule has 41 heavy (non-hydrogen) atoms. The Hall–Kier alpha value is -3.43. The van der Waals surface area contributed by atoms with Crippen molar-refractivity contribution in [1.29, 1.82) is 0 Å². The maximum Gasteiger partial charge on any atom is 0.224 e. The number of fused-ring (bicyclic) bond motifs is 1. The zero-order chi connectivity index (χ0) is 28.6. The first kappa shape index (κ1) is 29.1. The van der Waals surface area contributed by atoms with Gasteiger partial charge in [0.05, 0.1) is 24.3 Å². The SMILES string of the molecule is CO[C@@H]1Cc2ccccc2[C@@H]1NC(=O)[C@H](Cc1ccccc1)C[C@H](O)CN1CCN(Cc2cccnc2)C[C@H]1C=O. The third-order valence-electron chi connectivity index (χ3n) is 8.38. The number of benzene rings is 2. The lowest BCUT2D eigenvalue weighted by molar-refractivity contribution is -0.128. The van der Waals surface area contributed by atoms with Gasteiger partial charge in [0.1, 0.15) is 6.29 Å². The number of aliphatic hydroxyl groups excluding tert-OH is 1. The molecule has 2 N–H and O–H groups in total. The van der Waals surface area contributed by atoms with Gasteiger partial charge in [0.15, 0.2) is 0 Å². The van der Waals surface area contributed by atoms with Gasteiger partial charge in [-0.25, -0.2) is 0 Å². The summed E-state index contributed by atoms with van der Waals surface area (Å²) >= 11 is 0. The van der Waals surface area contributed by atoms with Crippen molar-refractivity contribution >= 4 is 12.2 Å². The summed E-state index contributed by atoms with van der Waals surface area (Å²) in [5.41, 5.74) is 4.43. The number of methoxy groups -OCH3 is 1. The summed E-state index contributed by atoms with van der Waals surface area (Å²) in [6.07, 6.45) is 5.27. The van der Waals surface area contributed by atoms with Gasteiger partial charge in [0.25, 0.3) is 0 Å². The number of carbonyl (C=O) groups is 2. The molecule has 8 nitrogen and oxygen atoms in total. The second-order valence-corrected chi connectivity index (χ2v) is 11.2. The van der Waals surface area contributed by atoms with Crippen LogP contribution in [0, 0.1) is 5.92 Å². The molecule has 1 saturated heterocycles. The van der Waals surface area contributed by atoms with Crippen molar-refractivity contribution in [1.82, 2.24) is 20.1 Å². The van der Waals surface area contributed by atoms with Crippen LogP contribution in [0.2, 0.25) is 0 Å². The van der Waals surface area contributed by atoms with E-state index in [1.165, 1.54) is 5.56 Å². The fraction of sp³-hybridized carbons (Fsp3) is 0.424. The molecule has 1 aliphatic heterocycles. The van der Waals surface area contributed by atoms with Gasteiger partial charge in [-0.15, -0.1) is 0 Å². The molecule has 1 aromatic heterocycles. The summed E-state index contributed by atoms with van der Waals surface area (Å²) in [7, 11) is 1.68. The molecular formula is C33H40N4O4. The van der Waals surface area contributed by atoms with E-state index in [9.17, 15) is 14.7 Å². The minimum Gasteiger partial charge on any atom is -0.392 e. The van der Waals surface area contributed by atoms with Crippen LogP contribution < -0.4 is 5.32 Å². The molecule has 1 fully saturated rings. The van der Waals surface area contributed by atoms with Crippen molar-refractivity contribution in [2.45, 2.75) is 50.1 Å². The Morgan fingerprint density at radius 1 is 1.10 bits per heavy atom. The Bertz CT molecular complexity index is 1270. The molecule has 1 aliphatic carbocycles. The van der Waals surface area contributed by atoms with Gasteiger partial charge in [-0.2, -0.15) is 0 Å². The normalized spacial score (nSPS) is 22.5. The van der Waals surface area contributed by atoms with E-state index in [0.29, 0.717) is 32.5 Å². The van der Waals surface area contributed by atoms with Crippen LogP contribution in [-0.4, -0.2) is 83.6 Å². The molecular weight excluding hydrogens is 516 g/mol. The molecule has 2 aliphatic rings. The average Bonchev–Trinajstić information content (AvgIpc) is 3.36. The summed E-state index contributed by atoms with van der Waals surface area (Å²) in [4.78, 5) is 34.3. The van der Waals surface area contributed by atoms with E-state index in [2.05, 4.69) is 21.3 Å². The lowest BCUT2D eigenvalue weighted by atomic mass is 9.91. The van der Waals surface area contributed by atoms with Gasteiger partial charge >= 0.3 is 0 Å². The van der Waals surface area contributed by atoms with Gasteiger partial charge in [-0.05, 0) is 41.2 Å². The summed E-state index contributed by atoms with van der Waals surface area (Å²) in [6, 6.07) is 21.5. The number of nitrogens with zero attached hydrogens (tertiary/aromatic N) is 3. The van der Waals surface area contributed by atoms with Crippen LogP contribution in [0.15, 0.2) is 79.1 Å². The van der Waals surface area contributed by atoms with Gasteiger partial charge in [-0.3, -0.25) is 19.6 Å². The average molecular weight is 557 g/mol. The van der Waals surface area contributed by atoms with Gasteiger partial charge in [0.2, 0.25) is 5.91 Å². The van der Waals surface area contributed by atoms with Crippen molar-refractivity contribution in [3.63, 3.8) is 0 Å². The standard InChI is InChI=1S/C33H40N4O4/c1-41-31-18-26-11-5-6-12-30(26)32(31)35-33(40)27(16-24-8-3-2-4-9-24)17-29(39)22-37-15-14-36(21-28(37)23-38)20-25-10-7-13-34-19-25/h2-13,19,23,27-29,31-32,39H,14-18,20-22H2,1H3,(H,35,40)/t27-,28+,29+,31-,32+/m1/s1. The number of nitrogens with one attached hydrogen (secondary N) is 1. The molecule has 216 valence electrons. The first-order valence-corrected chi connectivity index (χ1v) is 14.5. The first-order chi connectivity index (χ1) is 20.0. The summed E-state index contributed by atoms with van der Waals surface area (Å²) < 4.78 is 5.75. The number of piperazine rings is 1. The quantitative estimate of drug-likeness (QED) is 0.331. The second-order valence-electron chi connectivity index (χ2n) is 11.2. The van der Waals surface area contributed by atoms with Crippen LogP contribution in [0.5, 0.6) is 0 Å². The van der Waals surface area contributed by atoms with Crippen molar-refractivity contribution < 1.29 is 19.4 Å². The van der Waals surface area contributed by atoms with Gasteiger partial charge < -0.3 is 20.0 Å². The fourth-order valence-electron chi connectivity index (χ4n) is 6.23. The zero-order valence-corrected chi connectivity index (χ0v) is 23.6. The molecule has 2 aromatic carbocycles. The van der Waals surface area contributed by atoms with E-state index in [0.717, 1.165) is 42.5 Å². The van der Waals surface area contributed by atoms with E-state index in [1.807, 2.05) is 71.8 Å². The van der Waals surface area contributed by atoms with Gasteiger partial charge in [0, 0.05) is 64.6 Å². The lowest BCUT2D eigenvalue weighted by Crippen LogP contribution is -2.55. The number of aromatic nitrogens is 1. The zero-order valence-electron chi connectivity index (χ0n) is 23.6. The Labute approximate surface area is 242 Å². The number of hydrogen-bond acceptors (Lipinski definition) is 7. The monoisotopic (exact) mass is 556 g/mol. The van der Waals surface area contributed by atoms with Crippen LogP contribution in [0.4, 0.5) is 0 Å². The highest BCUT2D eigenvalue weighted by Gasteiger charge is 2.36. The number of β-amino-alcohol motifs (C(OH)–C–C–N with tert-alkyl or cyclic N) is 1. The number of rotatable bonds is 12. The van der Waals surface area contributed by atoms with E-state index < -0.39 is 12.0 Å². The van der Waals surface area contributed by atoms with Crippen LogP contribution in [0.25, 0.3) is 0 Å². The Balaban J connectivity index is 1.24. The number of aldehydes is 1. The summed E-state index contributed by atoms with van der Waals surface area (Å²) in [5.74, 6) is -0.524. The van der Waals surface area contributed by atoms with E-state index in [1.54, 1.807) is 13.3 Å².